The number of hydrogen-bond acceptors (Lipinski definition) is 7. The molecule has 0 radical (unpaired) electrons. The second-order valence-corrected chi connectivity index (χ2v) is 8.33. The topological polar surface area (TPSA) is 93.7 Å². The number of nitrogens with two attached hydrogens (primary N) is 1. The van der Waals surface area contributed by atoms with Crippen LogP contribution in [-0.4, -0.2) is 59.3 Å². The first-order chi connectivity index (χ1) is 14.8. The number of ether oxygens (including phenoxy) is 1. The molecule has 2 aliphatic rings. The summed E-state index contributed by atoms with van der Waals surface area (Å²) in [6.45, 7) is 2.51. The Labute approximate surface area is 181 Å². The number of imidazole rings is 1. The summed E-state index contributed by atoms with van der Waals surface area (Å²) in [7, 11) is 1.76. The van der Waals surface area contributed by atoms with Crippen LogP contribution in [0.5, 0.6) is 5.75 Å². The van der Waals surface area contributed by atoms with Crippen LogP contribution < -0.4 is 20.3 Å². The average molecular weight is 449 g/mol. The van der Waals surface area contributed by atoms with Gasteiger partial charge in [0.15, 0.2) is 16.8 Å². The van der Waals surface area contributed by atoms with Gasteiger partial charge in [0.1, 0.15) is 30.3 Å². The van der Waals surface area contributed by atoms with E-state index in [4.69, 9.17) is 10.5 Å². The van der Waals surface area contributed by atoms with Gasteiger partial charge < -0.3 is 24.8 Å². The molecule has 0 spiro atoms. The molecule has 3 heterocycles. The predicted molar refractivity (Wildman–Crippen MR) is 114 cm³/mol. The largest absolute Gasteiger partial charge is 0.491 e. The minimum absolute atomic E-state index is 0.0951. The molecular formula is C20H21F2N5O3S. The number of anilines is 2. The van der Waals surface area contributed by atoms with Gasteiger partial charge in [0.05, 0.1) is 12.1 Å². The van der Waals surface area contributed by atoms with E-state index in [0.29, 0.717) is 30.3 Å². The van der Waals surface area contributed by atoms with Gasteiger partial charge in [-0.15, -0.1) is 0 Å². The molecule has 0 aliphatic carbocycles. The van der Waals surface area contributed by atoms with Crippen LogP contribution in [-0.2, 0) is 16.1 Å². The minimum Gasteiger partial charge on any atom is -0.491 e. The number of thioether (sulfide) groups is 1. The zero-order chi connectivity index (χ0) is 22.3. The molecule has 2 atom stereocenters. The molecule has 2 aliphatic heterocycles. The lowest BCUT2D eigenvalue weighted by atomic mass is 10.1. The van der Waals surface area contributed by atoms with Gasteiger partial charge in [0.25, 0.3) is 6.43 Å². The van der Waals surface area contributed by atoms with Crippen LogP contribution in [0.15, 0.2) is 29.4 Å². The van der Waals surface area contributed by atoms with Crippen molar-refractivity contribution in [3.8, 4) is 17.1 Å². The quantitative estimate of drug-likeness (QED) is 0.699. The molecule has 1 amide bonds. The van der Waals surface area contributed by atoms with Crippen molar-refractivity contribution in [1.29, 1.82) is 0 Å². The van der Waals surface area contributed by atoms with Crippen molar-refractivity contribution in [2.45, 2.75) is 32.0 Å². The Kier molecular flexibility index (Phi) is 5.63. The van der Waals surface area contributed by atoms with Gasteiger partial charge in [0, 0.05) is 30.8 Å². The van der Waals surface area contributed by atoms with Gasteiger partial charge in [-0.2, -0.15) is 0 Å². The monoisotopic (exact) mass is 449 g/mol. The maximum Gasteiger partial charge on any atom is 0.259 e. The van der Waals surface area contributed by atoms with Gasteiger partial charge in [-0.05, 0) is 19.1 Å². The van der Waals surface area contributed by atoms with Gasteiger partial charge in [-0.1, -0.05) is 11.8 Å². The summed E-state index contributed by atoms with van der Waals surface area (Å²) in [6, 6.07) is 3.77. The summed E-state index contributed by atoms with van der Waals surface area (Å²) in [5.74, 6) is 2.79. The Morgan fingerprint density at radius 3 is 2.90 bits per heavy atom. The molecule has 2 N–H and O–H groups in total. The summed E-state index contributed by atoms with van der Waals surface area (Å²) in [5.41, 5.74) is 6.83. The van der Waals surface area contributed by atoms with E-state index >= 15 is 0 Å². The number of alkyl halides is 2. The first-order valence-electron chi connectivity index (χ1n) is 9.63. The highest BCUT2D eigenvalue weighted by Gasteiger charge is 2.39. The molecule has 4 rings (SSSR count). The number of carbonyl (C=O) groups excluding carboxylic acids is 2. The van der Waals surface area contributed by atoms with E-state index in [2.05, 4.69) is 4.98 Å². The van der Waals surface area contributed by atoms with E-state index in [1.807, 2.05) is 16.7 Å². The van der Waals surface area contributed by atoms with Crippen LogP contribution in [0.2, 0.25) is 0 Å². The number of nitrogens with zero attached hydrogens (tertiary/aromatic N) is 4. The fourth-order valence-electron chi connectivity index (χ4n) is 3.60. The smallest absolute Gasteiger partial charge is 0.259 e. The fourth-order valence-corrected chi connectivity index (χ4v) is 4.65. The molecule has 11 heteroatoms. The van der Waals surface area contributed by atoms with Crippen molar-refractivity contribution in [1.82, 2.24) is 9.55 Å². The van der Waals surface area contributed by atoms with Crippen LogP contribution in [0, 0.1) is 0 Å². The number of rotatable bonds is 5. The number of likely N-dealkylation sites (N-methyl/N-ethyl adjacent to an activating group) is 1. The minimum atomic E-state index is -2.62. The second-order valence-electron chi connectivity index (χ2n) is 7.32. The number of amides is 1. The summed E-state index contributed by atoms with van der Waals surface area (Å²) in [6.07, 6.45) is -0.970. The molecule has 1 fully saturated rings. The maximum absolute atomic E-state index is 13.5. The van der Waals surface area contributed by atoms with Crippen LogP contribution in [0.4, 0.5) is 20.3 Å². The molecule has 164 valence electrons. The summed E-state index contributed by atoms with van der Waals surface area (Å²) in [4.78, 5) is 30.4. The Bertz CT molecular complexity index is 1070. The molecule has 0 unspecified atom stereocenters. The van der Waals surface area contributed by atoms with E-state index in [9.17, 15) is 18.4 Å². The first kappa shape index (κ1) is 21.2. The Morgan fingerprint density at radius 2 is 2.23 bits per heavy atom. The van der Waals surface area contributed by atoms with Crippen molar-refractivity contribution < 1.29 is 23.1 Å². The second kappa shape index (κ2) is 8.24. The third kappa shape index (κ3) is 3.75. The molecule has 2 aromatic rings. The van der Waals surface area contributed by atoms with Gasteiger partial charge in [-0.3, -0.25) is 4.79 Å². The van der Waals surface area contributed by atoms with Gasteiger partial charge in [-0.25, -0.2) is 18.6 Å². The highest BCUT2D eigenvalue weighted by Crippen LogP contribution is 2.41. The van der Waals surface area contributed by atoms with Crippen LogP contribution >= 0.6 is 11.8 Å². The van der Waals surface area contributed by atoms with E-state index in [0.717, 1.165) is 17.4 Å². The van der Waals surface area contributed by atoms with Crippen LogP contribution in [0.25, 0.3) is 11.4 Å². The zero-order valence-corrected chi connectivity index (χ0v) is 17.7. The van der Waals surface area contributed by atoms with E-state index in [-0.39, 0.29) is 16.6 Å². The third-order valence-corrected chi connectivity index (χ3v) is 6.59. The molecule has 1 aromatic carbocycles. The van der Waals surface area contributed by atoms with Crippen LogP contribution in [0.1, 0.15) is 6.92 Å². The average Bonchev–Trinajstić information content (AvgIpc) is 3.32. The zero-order valence-electron chi connectivity index (χ0n) is 16.9. The van der Waals surface area contributed by atoms with Gasteiger partial charge >= 0.3 is 0 Å². The van der Waals surface area contributed by atoms with Crippen molar-refractivity contribution in [2.24, 2.45) is 5.73 Å². The van der Waals surface area contributed by atoms with Crippen LogP contribution in [0.3, 0.4) is 0 Å². The van der Waals surface area contributed by atoms with Crippen molar-refractivity contribution in [2.75, 3.05) is 29.2 Å². The number of fused-ring (bicyclic) bond motifs is 3. The molecule has 0 bridgehead atoms. The van der Waals surface area contributed by atoms with E-state index in [1.165, 1.54) is 4.90 Å². The predicted octanol–water partition coefficient (Wildman–Crippen LogP) is 2.11. The number of primary amides is 1. The van der Waals surface area contributed by atoms with Crippen molar-refractivity contribution in [3.63, 3.8) is 0 Å². The fraction of sp³-hybridized carbons (Fsp3) is 0.400. The Hall–Kier alpha value is -3.04. The lowest BCUT2D eigenvalue weighted by Gasteiger charge is -2.25. The molecule has 31 heavy (non-hydrogen) atoms. The molecule has 1 saturated heterocycles. The Morgan fingerprint density at radius 1 is 1.45 bits per heavy atom. The highest BCUT2D eigenvalue weighted by atomic mass is 32.2. The Balaban J connectivity index is 1.73. The molecule has 8 nitrogen and oxygen atoms in total. The SMILES string of the molecule is C[C@@H](C(N)=O)N(C)c1ccc2c(c1)OCCn1cc(N3C(=C=O)SC[C@H]3C(F)F)nc1-2. The number of carbonyl (C=O) groups is 1. The summed E-state index contributed by atoms with van der Waals surface area (Å²) >= 11 is 1.05. The van der Waals surface area contributed by atoms with Gasteiger partial charge in [0.2, 0.25) is 5.91 Å². The number of halogens is 2. The molecule has 1 aromatic heterocycles. The number of hydrogen-bond donors (Lipinski definition) is 1. The third-order valence-electron chi connectivity index (χ3n) is 5.53. The van der Waals surface area contributed by atoms with Crippen molar-refractivity contribution in [3.05, 3.63) is 29.4 Å². The van der Waals surface area contributed by atoms with Crippen molar-refractivity contribution >= 4 is 35.1 Å². The lowest BCUT2D eigenvalue weighted by Crippen LogP contribution is -2.40. The first-order valence-corrected chi connectivity index (χ1v) is 10.6. The normalized spacial score (nSPS) is 18.7. The van der Waals surface area contributed by atoms with E-state index in [1.54, 1.807) is 37.1 Å². The van der Waals surface area contributed by atoms with E-state index < -0.39 is 24.4 Å². The summed E-state index contributed by atoms with van der Waals surface area (Å²) in [5, 5.41) is 0.104. The highest BCUT2D eigenvalue weighted by molar-refractivity contribution is 8.03. The lowest BCUT2D eigenvalue weighted by molar-refractivity contribution is -0.118. The molecule has 0 saturated carbocycles. The summed E-state index contributed by atoms with van der Waals surface area (Å²) < 4.78 is 34.8. The molecular weight excluding hydrogens is 428 g/mol. The number of benzene rings is 1. The maximum atomic E-state index is 13.5. The standard InChI is InChI=1S/C20H21F2N5O3S/c1-11(19(23)29)25(2)12-3-4-13-15(7-12)30-6-5-26-8-16(24-20(13)26)27-14(18(21)22)10-31-17(27)9-28/h3-4,7-8,11,14,18H,5-6,10H2,1-2H3,(H2,23,29)/t11-,14-/m0/s1. The number of aromatic nitrogens is 2.